The number of carbonyl (C=O) groups is 2. The highest BCUT2D eigenvalue weighted by Crippen LogP contribution is 2.54. The molecule has 1 N–H and O–H groups in total. The number of likely N-dealkylation sites (tertiary alicyclic amines) is 2. The Hall–Kier alpha value is -2.66. The van der Waals surface area contributed by atoms with Gasteiger partial charge in [0.15, 0.2) is 0 Å². The minimum atomic E-state index is -0.393. The number of aryl methyl sites for hydroxylation is 1. The van der Waals surface area contributed by atoms with Crippen molar-refractivity contribution in [3.05, 3.63) is 59.7 Å². The Bertz CT molecular complexity index is 947. The van der Waals surface area contributed by atoms with Crippen molar-refractivity contribution in [1.82, 2.24) is 9.80 Å². The number of rotatable bonds is 5. The number of hydrogen-bond acceptors (Lipinski definition) is 3. The fourth-order valence-electron chi connectivity index (χ4n) is 5.36. The van der Waals surface area contributed by atoms with Crippen molar-refractivity contribution in [1.29, 1.82) is 0 Å². The van der Waals surface area contributed by atoms with E-state index in [1.807, 2.05) is 35.8 Å². The zero-order chi connectivity index (χ0) is 21.5. The van der Waals surface area contributed by atoms with Gasteiger partial charge in [0, 0.05) is 31.8 Å². The van der Waals surface area contributed by atoms with E-state index >= 15 is 0 Å². The Morgan fingerprint density at radius 1 is 1.00 bits per heavy atom. The molecule has 2 heterocycles. The summed E-state index contributed by atoms with van der Waals surface area (Å²) in [6.07, 6.45) is 0.871. The number of hydrogen-bond donors (Lipinski definition) is 1. The van der Waals surface area contributed by atoms with Gasteiger partial charge >= 0.3 is 0 Å². The van der Waals surface area contributed by atoms with Crippen LogP contribution in [0.4, 0.5) is 0 Å². The highest BCUT2D eigenvalue weighted by atomic mass is 16.3. The van der Waals surface area contributed by atoms with Crippen molar-refractivity contribution < 1.29 is 14.7 Å². The first-order chi connectivity index (χ1) is 14.5. The van der Waals surface area contributed by atoms with Crippen molar-refractivity contribution in [2.24, 2.45) is 0 Å². The second-order valence-corrected chi connectivity index (χ2v) is 8.49. The summed E-state index contributed by atoms with van der Waals surface area (Å²) in [5.41, 5.74) is 4.32. The summed E-state index contributed by atoms with van der Waals surface area (Å²) in [6, 6.07) is 16.6. The molecule has 2 atom stereocenters. The van der Waals surface area contributed by atoms with Crippen LogP contribution in [0.3, 0.4) is 0 Å². The van der Waals surface area contributed by atoms with E-state index in [0.717, 1.165) is 11.1 Å². The fourth-order valence-corrected chi connectivity index (χ4v) is 5.36. The lowest BCUT2D eigenvalue weighted by Crippen LogP contribution is -2.85. The fraction of sp³-hybridized carbons (Fsp3) is 0.440. The number of amides is 2. The zero-order valence-electron chi connectivity index (χ0n) is 18.0. The van der Waals surface area contributed by atoms with Crippen LogP contribution >= 0.6 is 0 Å². The van der Waals surface area contributed by atoms with Crippen LogP contribution in [0.5, 0.6) is 0 Å². The molecule has 0 aliphatic carbocycles. The Morgan fingerprint density at radius 3 is 2.20 bits per heavy atom. The molecule has 2 aromatic carbocycles. The van der Waals surface area contributed by atoms with Crippen LogP contribution < -0.4 is 0 Å². The molecular formula is C25H30N2O3. The minimum absolute atomic E-state index is 0.0322. The highest BCUT2D eigenvalue weighted by Gasteiger charge is 2.67. The van der Waals surface area contributed by atoms with Crippen molar-refractivity contribution in [2.75, 3.05) is 19.7 Å². The summed E-state index contributed by atoms with van der Waals surface area (Å²) >= 11 is 0. The lowest BCUT2D eigenvalue weighted by atomic mass is 9.60. The molecule has 5 nitrogen and oxygen atoms in total. The molecular weight excluding hydrogens is 376 g/mol. The van der Waals surface area contributed by atoms with E-state index in [-0.39, 0.29) is 30.4 Å². The van der Waals surface area contributed by atoms with Gasteiger partial charge in [0.1, 0.15) is 0 Å². The molecule has 2 fully saturated rings. The molecule has 0 aromatic heterocycles. The van der Waals surface area contributed by atoms with Gasteiger partial charge in [0.25, 0.3) is 0 Å². The van der Waals surface area contributed by atoms with Crippen molar-refractivity contribution in [3.63, 3.8) is 0 Å². The first kappa shape index (κ1) is 20.6. The first-order valence-electron chi connectivity index (χ1n) is 10.8. The molecule has 2 aliphatic heterocycles. The van der Waals surface area contributed by atoms with E-state index in [4.69, 9.17) is 0 Å². The first-order valence-corrected chi connectivity index (χ1v) is 10.8. The van der Waals surface area contributed by atoms with E-state index in [2.05, 4.69) is 43.3 Å². The summed E-state index contributed by atoms with van der Waals surface area (Å²) in [6.45, 7) is 6.84. The van der Waals surface area contributed by atoms with E-state index in [0.29, 0.717) is 25.9 Å². The van der Waals surface area contributed by atoms with Crippen LogP contribution in [0.1, 0.15) is 43.7 Å². The summed E-state index contributed by atoms with van der Waals surface area (Å²) in [5, 5.41) is 10.1. The predicted molar refractivity (Wildman–Crippen MR) is 117 cm³/mol. The predicted octanol–water partition coefficient (Wildman–Crippen LogP) is 3.35. The van der Waals surface area contributed by atoms with Gasteiger partial charge in [-0.15, -0.1) is 0 Å². The normalized spacial score (nSPS) is 21.9. The molecule has 0 radical (unpaired) electrons. The average molecular weight is 407 g/mol. The monoisotopic (exact) mass is 406 g/mol. The molecule has 5 heteroatoms. The van der Waals surface area contributed by atoms with E-state index in [1.54, 1.807) is 0 Å². The lowest BCUT2D eigenvalue weighted by molar-refractivity contribution is -0.202. The minimum Gasteiger partial charge on any atom is -0.394 e. The summed E-state index contributed by atoms with van der Waals surface area (Å²) in [4.78, 5) is 28.5. The van der Waals surface area contributed by atoms with Gasteiger partial charge in [-0.2, -0.15) is 0 Å². The van der Waals surface area contributed by atoms with Crippen LogP contribution in [0.15, 0.2) is 48.5 Å². The molecule has 2 aromatic rings. The molecule has 0 bridgehead atoms. The van der Waals surface area contributed by atoms with E-state index < -0.39 is 5.54 Å². The molecule has 0 saturated carbocycles. The summed E-state index contributed by atoms with van der Waals surface area (Å²) in [5.74, 6) is 0.195. The third kappa shape index (κ3) is 3.03. The molecule has 2 amide bonds. The summed E-state index contributed by atoms with van der Waals surface area (Å²) in [7, 11) is 0. The Balaban J connectivity index is 1.65. The van der Waals surface area contributed by atoms with Gasteiger partial charge in [-0.25, -0.2) is 0 Å². The second kappa shape index (κ2) is 7.88. The van der Waals surface area contributed by atoms with Gasteiger partial charge in [-0.1, -0.05) is 62.4 Å². The van der Waals surface area contributed by atoms with Gasteiger partial charge in [-0.3, -0.25) is 9.59 Å². The maximum atomic E-state index is 12.7. The number of carbonyl (C=O) groups excluding carboxylic acids is 2. The Kier molecular flexibility index (Phi) is 5.41. The third-order valence-electron chi connectivity index (χ3n) is 6.84. The maximum absolute atomic E-state index is 12.7. The number of nitrogens with zero attached hydrogens (tertiary/aromatic N) is 2. The largest absolute Gasteiger partial charge is 0.394 e. The van der Waals surface area contributed by atoms with Crippen molar-refractivity contribution >= 4 is 11.8 Å². The standard InChI is InChI=1S/C25H30N2O3/c1-4-22(29)26-15-25(16-26)24(21(14-28)27(25)23(30)5-2)19-12-10-18(11-13-19)20-9-7-6-8-17(20)3/h6-13,21,24,28H,4-5,14-16H2,1-3H3/t21-,24-/m0/s1. The quantitative estimate of drug-likeness (QED) is 0.828. The van der Waals surface area contributed by atoms with Gasteiger partial charge in [-0.05, 0) is 29.2 Å². The van der Waals surface area contributed by atoms with Crippen molar-refractivity contribution in [3.8, 4) is 11.1 Å². The van der Waals surface area contributed by atoms with Gasteiger partial charge in [0.05, 0.1) is 18.2 Å². The van der Waals surface area contributed by atoms with Crippen LogP contribution in [0.2, 0.25) is 0 Å². The summed E-state index contributed by atoms with van der Waals surface area (Å²) < 4.78 is 0. The van der Waals surface area contributed by atoms with Crippen LogP contribution in [-0.2, 0) is 9.59 Å². The molecule has 30 heavy (non-hydrogen) atoms. The van der Waals surface area contributed by atoms with E-state index in [1.165, 1.54) is 11.1 Å². The molecule has 2 saturated heterocycles. The highest BCUT2D eigenvalue weighted by molar-refractivity contribution is 5.82. The third-order valence-corrected chi connectivity index (χ3v) is 6.84. The molecule has 158 valence electrons. The molecule has 4 rings (SSSR count). The Morgan fingerprint density at radius 2 is 1.63 bits per heavy atom. The smallest absolute Gasteiger partial charge is 0.223 e. The van der Waals surface area contributed by atoms with Crippen LogP contribution in [0.25, 0.3) is 11.1 Å². The van der Waals surface area contributed by atoms with E-state index in [9.17, 15) is 14.7 Å². The molecule has 0 unspecified atom stereocenters. The average Bonchev–Trinajstić information content (AvgIpc) is 2.72. The topological polar surface area (TPSA) is 60.9 Å². The van der Waals surface area contributed by atoms with Gasteiger partial charge < -0.3 is 14.9 Å². The molecule has 1 spiro atoms. The number of aliphatic hydroxyl groups is 1. The Labute approximate surface area is 178 Å². The maximum Gasteiger partial charge on any atom is 0.223 e. The zero-order valence-corrected chi connectivity index (χ0v) is 18.0. The number of aliphatic hydroxyl groups excluding tert-OH is 1. The lowest BCUT2D eigenvalue weighted by Gasteiger charge is -2.70. The number of benzene rings is 2. The SMILES string of the molecule is CCC(=O)N1CC2(C1)[C@@H](c1ccc(-c3ccccc3C)cc1)[C@H](CO)N2C(=O)CC. The molecule has 2 aliphatic rings. The van der Waals surface area contributed by atoms with Crippen molar-refractivity contribution in [2.45, 2.75) is 51.1 Å². The van der Waals surface area contributed by atoms with Crippen LogP contribution in [0, 0.1) is 6.92 Å². The second-order valence-electron chi connectivity index (χ2n) is 8.49. The van der Waals surface area contributed by atoms with Crippen LogP contribution in [-0.4, -0.2) is 58.0 Å². The van der Waals surface area contributed by atoms with Gasteiger partial charge in [0.2, 0.25) is 11.8 Å².